The summed E-state index contributed by atoms with van der Waals surface area (Å²) in [5, 5.41) is 3.21. The van der Waals surface area contributed by atoms with E-state index in [-0.39, 0.29) is 0 Å². The molecule has 2 saturated heterocycles. The van der Waals surface area contributed by atoms with Crippen LogP contribution >= 0.6 is 0 Å². The van der Waals surface area contributed by atoms with Crippen LogP contribution in [0.15, 0.2) is 24.4 Å². The van der Waals surface area contributed by atoms with Crippen molar-refractivity contribution in [3.05, 3.63) is 24.4 Å². The highest BCUT2D eigenvalue weighted by Gasteiger charge is 2.27. The van der Waals surface area contributed by atoms with Gasteiger partial charge in [0.15, 0.2) is 0 Å². The lowest BCUT2D eigenvalue weighted by atomic mass is 10.2. The molecule has 2 unspecified atom stereocenters. The number of nitrogens with one attached hydrogen (secondary N) is 1. The van der Waals surface area contributed by atoms with Crippen molar-refractivity contribution in [2.24, 2.45) is 0 Å². The minimum absolute atomic E-state index is 0.412. The third-order valence-electron chi connectivity index (χ3n) is 4.43. The van der Waals surface area contributed by atoms with Crippen LogP contribution in [0, 0.1) is 0 Å². The molecule has 1 aromatic rings. The highest BCUT2D eigenvalue weighted by Crippen LogP contribution is 2.21. The van der Waals surface area contributed by atoms with Crippen molar-refractivity contribution in [1.82, 2.24) is 15.2 Å². The van der Waals surface area contributed by atoms with Crippen LogP contribution in [-0.4, -0.2) is 68.4 Å². The van der Waals surface area contributed by atoms with Gasteiger partial charge in [-0.25, -0.2) is 4.98 Å². The van der Waals surface area contributed by atoms with Crippen LogP contribution in [0.25, 0.3) is 0 Å². The topological polar surface area (TPSA) is 40.6 Å². The number of rotatable bonds is 5. The fourth-order valence-electron chi connectivity index (χ4n) is 3.28. The van der Waals surface area contributed by atoms with E-state index in [4.69, 9.17) is 4.74 Å². The number of nitrogens with zero attached hydrogens (tertiary/aromatic N) is 3. The number of aromatic nitrogens is 1. The summed E-state index contributed by atoms with van der Waals surface area (Å²) in [6, 6.07) is 6.12. The first kappa shape index (κ1) is 14.8. The van der Waals surface area contributed by atoms with E-state index < -0.39 is 0 Å². The second-order valence-corrected chi connectivity index (χ2v) is 5.99. The van der Waals surface area contributed by atoms with Crippen LogP contribution in [0.2, 0.25) is 0 Å². The zero-order valence-corrected chi connectivity index (χ0v) is 12.9. The first-order chi connectivity index (χ1) is 10.3. The van der Waals surface area contributed by atoms with E-state index >= 15 is 0 Å². The molecule has 0 radical (unpaired) electrons. The smallest absolute Gasteiger partial charge is 0.128 e. The SMILES string of the molecule is CNCC1CCC(CN2CCN(c3ccccn3)CC2)O1. The molecule has 0 aliphatic carbocycles. The molecule has 0 aromatic carbocycles. The van der Waals surface area contributed by atoms with E-state index in [0.29, 0.717) is 12.2 Å². The van der Waals surface area contributed by atoms with Crippen LogP contribution in [-0.2, 0) is 4.74 Å². The summed E-state index contributed by atoms with van der Waals surface area (Å²) in [5.74, 6) is 1.10. The van der Waals surface area contributed by atoms with Crippen molar-refractivity contribution in [1.29, 1.82) is 0 Å². The molecule has 0 amide bonds. The van der Waals surface area contributed by atoms with Gasteiger partial charge >= 0.3 is 0 Å². The Morgan fingerprint density at radius 2 is 2.00 bits per heavy atom. The Labute approximate surface area is 127 Å². The number of pyridine rings is 1. The number of likely N-dealkylation sites (N-methyl/N-ethyl adjacent to an activating group) is 1. The van der Waals surface area contributed by atoms with Gasteiger partial charge in [0.1, 0.15) is 5.82 Å². The maximum absolute atomic E-state index is 6.09. The molecule has 0 bridgehead atoms. The van der Waals surface area contributed by atoms with Gasteiger partial charge in [0, 0.05) is 45.5 Å². The van der Waals surface area contributed by atoms with Gasteiger partial charge in [0.05, 0.1) is 12.2 Å². The molecule has 0 saturated carbocycles. The summed E-state index contributed by atoms with van der Waals surface area (Å²) in [6.45, 7) is 6.38. The quantitative estimate of drug-likeness (QED) is 0.875. The van der Waals surface area contributed by atoms with Crippen LogP contribution in [0.3, 0.4) is 0 Å². The van der Waals surface area contributed by atoms with Crippen molar-refractivity contribution in [3.63, 3.8) is 0 Å². The summed E-state index contributed by atoms with van der Waals surface area (Å²) in [5.41, 5.74) is 0. The van der Waals surface area contributed by atoms with Crippen LogP contribution in [0.1, 0.15) is 12.8 Å². The van der Waals surface area contributed by atoms with Crippen LogP contribution in [0.4, 0.5) is 5.82 Å². The Morgan fingerprint density at radius 1 is 1.19 bits per heavy atom. The molecule has 2 aliphatic heterocycles. The molecule has 3 rings (SSSR count). The predicted octanol–water partition coefficient (Wildman–Crippen LogP) is 0.971. The Kier molecular flexibility index (Phi) is 5.06. The van der Waals surface area contributed by atoms with E-state index in [1.54, 1.807) is 0 Å². The molecule has 5 heteroatoms. The Bertz CT molecular complexity index is 420. The summed E-state index contributed by atoms with van der Waals surface area (Å²) < 4.78 is 6.09. The fourth-order valence-corrected chi connectivity index (χ4v) is 3.28. The number of ether oxygens (including phenoxy) is 1. The molecular formula is C16H26N4O. The summed E-state index contributed by atoms with van der Waals surface area (Å²) >= 11 is 0. The van der Waals surface area contributed by atoms with Gasteiger partial charge in [0.2, 0.25) is 0 Å². The maximum Gasteiger partial charge on any atom is 0.128 e. The fraction of sp³-hybridized carbons (Fsp3) is 0.688. The third kappa shape index (κ3) is 3.93. The van der Waals surface area contributed by atoms with Gasteiger partial charge in [-0.3, -0.25) is 4.90 Å². The van der Waals surface area contributed by atoms with E-state index in [2.05, 4.69) is 32.2 Å². The lowest BCUT2D eigenvalue weighted by Gasteiger charge is -2.36. The minimum Gasteiger partial charge on any atom is -0.372 e. The van der Waals surface area contributed by atoms with Crippen molar-refractivity contribution >= 4 is 5.82 Å². The van der Waals surface area contributed by atoms with E-state index in [0.717, 1.165) is 45.1 Å². The molecule has 21 heavy (non-hydrogen) atoms. The Hall–Kier alpha value is -1.17. The lowest BCUT2D eigenvalue weighted by molar-refractivity contribution is 0.0232. The van der Waals surface area contributed by atoms with E-state index in [1.165, 1.54) is 12.8 Å². The number of hydrogen-bond acceptors (Lipinski definition) is 5. The number of anilines is 1. The number of piperazine rings is 1. The van der Waals surface area contributed by atoms with Gasteiger partial charge in [0.25, 0.3) is 0 Å². The molecule has 1 aromatic heterocycles. The zero-order valence-electron chi connectivity index (χ0n) is 12.9. The average Bonchev–Trinajstić information content (AvgIpc) is 2.97. The van der Waals surface area contributed by atoms with E-state index in [1.807, 2.05) is 19.3 Å². The first-order valence-electron chi connectivity index (χ1n) is 8.03. The monoisotopic (exact) mass is 290 g/mol. The predicted molar refractivity (Wildman–Crippen MR) is 84.7 cm³/mol. The van der Waals surface area contributed by atoms with Gasteiger partial charge in [-0.2, -0.15) is 0 Å². The molecule has 2 aliphatic rings. The number of hydrogen-bond donors (Lipinski definition) is 1. The summed E-state index contributed by atoms with van der Waals surface area (Å²) in [7, 11) is 1.99. The molecule has 0 spiro atoms. The first-order valence-corrected chi connectivity index (χ1v) is 8.03. The van der Waals surface area contributed by atoms with Gasteiger partial charge in [-0.05, 0) is 32.0 Å². The van der Waals surface area contributed by atoms with Crippen molar-refractivity contribution in [3.8, 4) is 0 Å². The standard InChI is InChI=1S/C16H26N4O/c1-17-12-14-5-6-15(21-14)13-19-8-10-20(11-9-19)16-4-2-3-7-18-16/h2-4,7,14-15,17H,5-6,8-13H2,1H3. The molecule has 2 atom stereocenters. The second-order valence-electron chi connectivity index (χ2n) is 5.99. The van der Waals surface area contributed by atoms with Gasteiger partial charge < -0.3 is 15.0 Å². The largest absolute Gasteiger partial charge is 0.372 e. The molecule has 5 nitrogen and oxygen atoms in total. The zero-order chi connectivity index (χ0) is 14.5. The maximum atomic E-state index is 6.09. The van der Waals surface area contributed by atoms with Crippen molar-refractivity contribution < 1.29 is 4.74 Å². The average molecular weight is 290 g/mol. The van der Waals surface area contributed by atoms with Crippen molar-refractivity contribution in [2.45, 2.75) is 25.0 Å². The lowest BCUT2D eigenvalue weighted by Crippen LogP contribution is -2.48. The summed E-state index contributed by atoms with van der Waals surface area (Å²) in [6.07, 6.45) is 5.10. The second kappa shape index (κ2) is 7.20. The molecular weight excluding hydrogens is 264 g/mol. The molecule has 2 fully saturated rings. The van der Waals surface area contributed by atoms with Gasteiger partial charge in [-0.15, -0.1) is 0 Å². The van der Waals surface area contributed by atoms with Crippen molar-refractivity contribution in [2.75, 3.05) is 51.2 Å². The Balaban J connectivity index is 1.42. The minimum atomic E-state index is 0.412. The molecule has 3 heterocycles. The van der Waals surface area contributed by atoms with Crippen LogP contribution < -0.4 is 10.2 Å². The highest BCUT2D eigenvalue weighted by atomic mass is 16.5. The normalized spacial score (nSPS) is 27.2. The molecule has 1 N–H and O–H groups in total. The van der Waals surface area contributed by atoms with Crippen LogP contribution in [0.5, 0.6) is 0 Å². The van der Waals surface area contributed by atoms with E-state index in [9.17, 15) is 0 Å². The van der Waals surface area contributed by atoms with Gasteiger partial charge in [-0.1, -0.05) is 6.07 Å². The summed E-state index contributed by atoms with van der Waals surface area (Å²) in [4.78, 5) is 9.34. The Morgan fingerprint density at radius 3 is 2.71 bits per heavy atom. The molecule has 116 valence electrons. The third-order valence-corrected chi connectivity index (χ3v) is 4.43. The highest BCUT2D eigenvalue weighted by molar-refractivity contribution is 5.38.